The van der Waals surface area contributed by atoms with E-state index in [0.29, 0.717) is 22.3 Å². The molecule has 2 atom stereocenters. The van der Waals surface area contributed by atoms with Crippen LogP contribution in [0.3, 0.4) is 0 Å². The highest BCUT2D eigenvalue weighted by Gasteiger charge is 2.44. The first kappa shape index (κ1) is 26.5. The number of nitrogen functional groups attached to an aromatic ring is 1. The first-order valence-electron chi connectivity index (χ1n) is 11.2. The average molecular weight is 543 g/mol. The first-order valence-corrected chi connectivity index (χ1v) is 14.2. The Morgan fingerprint density at radius 3 is 2.27 bits per heavy atom. The molecule has 0 aromatic heterocycles. The maximum absolute atomic E-state index is 13.5. The standard InChI is InChI=1S/C25H26N4O6S2/c1-35-25(30)22-15-29(14-21(22)17-5-4-6-18(13-17)24(26)27)37(33,34)19-11-9-16(10-12-19)20-7-2-3-8-23(20)36(28,31)32/h2-13,21-22H,14-15H2,1H3,(H3,26,27)(H2,28,31,32)/t21-,22+/m0/s1. The highest BCUT2D eigenvalue weighted by atomic mass is 32.2. The fourth-order valence-electron chi connectivity index (χ4n) is 4.54. The van der Waals surface area contributed by atoms with E-state index in [1.54, 1.807) is 42.5 Å². The number of sulfonamides is 2. The molecule has 1 fully saturated rings. The summed E-state index contributed by atoms with van der Waals surface area (Å²) in [6.45, 7) is -0.0561. The number of benzene rings is 3. The van der Waals surface area contributed by atoms with Crippen molar-refractivity contribution < 1.29 is 26.4 Å². The third-order valence-corrected chi connectivity index (χ3v) is 9.23. The maximum atomic E-state index is 13.5. The van der Waals surface area contributed by atoms with Gasteiger partial charge >= 0.3 is 5.97 Å². The second-order valence-electron chi connectivity index (χ2n) is 8.66. The minimum atomic E-state index is -4.00. The van der Waals surface area contributed by atoms with E-state index in [2.05, 4.69) is 0 Å². The molecule has 0 unspecified atom stereocenters. The summed E-state index contributed by atoms with van der Waals surface area (Å²) in [5.41, 5.74) is 7.59. The molecule has 0 radical (unpaired) electrons. The summed E-state index contributed by atoms with van der Waals surface area (Å²) < 4.78 is 57.1. The van der Waals surface area contributed by atoms with Crippen LogP contribution in [-0.2, 0) is 29.6 Å². The summed E-state index contributed by atoms with van der Waals surface area (Å²) in [6.07, 6.45) is 0. The molecular weight excluding hydrogens is 516 g/mol. The molecule has 194 valence electrons. The molecule has 0 saturated carbocycles. The average Bonchev–Trinajstić information content (AvgIpc) is 3.34. The number of carbonyl (C=O) groups excluding carboxylic acids is 1. The summed E-state index contributed by atoms with van der Waals surface area (Å²) in [6, 6.07) is 18.8. The van der Waals surface area contributed by atoms with Gasteiger partial charge in [0.2, 0.25) is 20.0 Å². The van der Waals surface area contributed by atoms with Gasteiger partial charge in [-0.1, -0.05) is 48.5 Å². The zero-order valence-electron chi connectivity index (χ0n) is 19.9. The van der Waals surface area contributed by atoms with E-state index >= 15 is 0 Å². The number of nitrogens with zero attached hydrogens (tertiary/aromatic N) is 1. The molecule has 10 nitrogen and oxygen atoms in total. The van der Waals surface area contributed by atoms with Crippen LogP contribution in [0.1, 0.15) is 17.0 Å². The van der Waals surface area contributed by atoms with Gasteiger partial charge in [0.15, 0.2) is 0 Å². The summed E-state index contributed by atoms with van der Waals surface area (Å²) in [7, 11) is -6.73. The van der Waals surface area contributed by atoms with Crippen molar-refractivity contribution in [3.8, 4) is 11.1 Å². The molecule has 0 bridgehead atoms. The van der Waals surface area contributed by atoms with Crippen LogP contribution in [0, 0.1) is 11.3 Å². The second-order valence-corrected chi connectivity index (χ2v) is 12.1. The van der Waals surface area contributed by atoms with E-state index in [-0.39, 0.29) is 28.7 Å². The van der Waals surface area contributed by atoms with Crippen LogP contribution in [0.5, 0.6) is 0 Å². The topological polar surface area (TPSA) is 174 Å². The lowest BCUT2D eigenvalue weighted by atomic mass is 9.88. The van der Waals surface area contributed by atoms with Crippen molar-refractivity contribution in [3.63, 3.8) is 0 Å². The van der Waals surface area contributed by atoms with Crippen molar-refractivity contribution >= 4 is 31.9 Å². The zero-order valence-corrected chi connectivity index (χ0v) is 21.5. The third kappa shape index (κ3) is 5.27. The van der Waals surface area contributed by atoms with E-state index < -0.39 is 37.9 Å². The Bertz CT molecular complexity index is 1570. The number of nitrogens with one attached hydrogen (secondary N) is 1. The third-order valence-electron chi connectivity index (χ3n) is 6.41. The predicted molar refractivity (Wildman–Crippen MR) is 138 cm³/mol. The summed E-state index contributed by atoms with van der Waals surface area (Å²) in [5.74, 6) is -1.92. The van der Waals surface area contributed by atoms with Gasteiger partial charge in [0.25, 0.3) is 0 Å². The molecule has 0 amide bonds. The highest BCUT2D eigenvalue weighted by Crippen LogP contribution is 2.37. The largest absolute Gasteiger partial charge is 0.469 e. The Morgan fingerprint density at radius 2 is 1.65 bits per heavy atom. The number of amidine groups is 1. The molecule has 1 saturated heterocycles. The first-order chi connectivity index (χ1) is 17.4. The van der Waals surface area contributed by atoms with E-state index in [9.17, 15) is 21.6 Å². The fourth-order valence-corrected chi connectivity index (χ4v) is 6.79. The van der Waals surface area contributed by atoms with Gasteiger partial charge in [0.05, 0.1) is 22.8 Å². The highest BCUT2D eigenvalue weighted by molar-refractivity contribution is 7.89. The van der Waals surface area contributed by atoms with Crippen molar-refractivity contribution in [1.82, 2.24) is 4.31 Å². The minimum absolute atomic E-state index is 0.00825. The predicted octanol–water partition coefficient (Wildman–Crippen LogP) is 1.86. The van der Waals surface area contributed by atoms with Gasteiger partial charge in [-0.05, 0) is 35.4 Å². The maximum Gasteiger partial charge on any atom is 0.310 e. The number of hydrogen-bond donors (Lipinski definition) is 3. The normalized spacial score (nSPS) is 18.4. The van der Waals surface area contributed by atoms with Gasteiger partial charge in [-0.3, -0.25) is 10.2 Å². The minimum Gasteiger partial charge on any atom is -0.469 e. The van der Waals surface area contributed by atoms with Crippen molar-refractivity contribution in [1.29, 1.82) is 5.41 Å². The van der Waals surface area contributed by atoms with Crippen LogP contribution in [-0.4, -0.2) is 53.1 Å². The molecule has 3 aromatic carbocycles. The fraction of sp³-hybridized carbons (Fsp3) is 0.200. The number of hydrogen-bond acceptors (Lipinski definition) is 7. The van der Waals surface area contributed by atoms with Gasteiger partial charge in [-0.25, -0.2) is 22.0 Å². The zero-order chi connectivity index (χ0) is 27.0. The number of esters is 1. The SMILES string of the molecule is COC(=O)[C@@H]1CN(S(=O)(=O)c2ccc(-c3ccccc3S(N)(=O)=O)cc2)C[C@H]1c1cccc(C(=N)N)c1. The monoisotopic (exact) mass is 542 g/mol. The molecule has 4 rings (SSSR count). The van der Waals surface area contributed by atoms with E-state index in [1.807, 2.05) is 0 Å². The van der Waals surface area contributed by atoms with Crippen LogP contribution >= 0.6 is 0 Å². The lowest BCUT2D eigenvalue weighted by Gasteiger charge is -2.18. The van der Waals surface area contributed by atoms with Crippen LogP contribution in [0.15, 0.2) is 82.6 Å². The smallest absolute Gasteiger partial charge is 0.310 e. The molecule has 1 heterocycles. The van der Waals surface area contributed by atoms with Crippen LogP contribution < -0.4 is 10.9 Å². The van der Waals surface area contributed by atoms with Crippen molar-refractivity contribution in [2.45, 2.75) is 15.7 Å². The Kier molecular flexibility index (Phi) is 7.20. The molecule has 12 heteroatoms. The van der Waals surface area contributed by atoms with Gasteiger partial charge in [0.1, 0.15) is 5.84 Å². The summed E-state index contributed by atoms with van der Waals surface area (Å²) in [5, 5.41) is 13.0. The Balaban J connectivity index is 1.66. The molecule has 3 aromatic rings. The Labute approximate surface area is 215 Å². The van der Waals surface area contributed by atoms with E-state index in [4.69, 9.17) is 21.0 Å². The molecule has 1 aliphatic rings. The van der Waals surface area contributed by atoms with Gasteiger partial charge in [0, 0.05) is 30.1 Å². The molecule has 1 aliphatic heterocycles. The van der Waals surface area contributed by atoms with Crippen molar-refractivity contribution in [2.75, 3.05) is 20.2 Å². The number of primary sulfonamides is 1. The molecule has 5 N–H and O–H groups in total. The van der Waals surface area contributed by atoms with Gasteiger partial charge < -0.3 is 10.5 Å². The number of carbonyl (C=O) groups is 1. The number of methoxy groups -OCH3 is 1. The lowest BCUT2D eigenvalue weighted by Crippen LogP contribution is -2.30. The van der Waals surface area contributed by atoms with E-state index in [0.717, 1.165) is 0 Å². The second kappa shape index (κ2) is 10.1. The summed E-state index contributed by atoms with van der Waals surface area (Å²) in [4.78, 5) is 12.5. The summed E-state index contributed by atoms with van der Waals surface area (Å²) >= 11 is 0. The van der Waals surface area contributed by atoms with Gasteiger partial charge in [-0.2, -0.15) is 4.31 Å². The number of ether oxygens (including phenoxy) is 1. The van der Waals surface area contributed by atoms with Crippen LogP contribution in [0.25, 0.3) is 11.1 Å². The Morgan fingerprint density at radius 1 is 0.973 bits per heavy atom. The van der Waals surface area contributed by atoms with Crippen LogP contribution in [0.4, 0.5) is 0 Å². The van der Waals surface area contributed by atoms with Crippen LogP contribution in [0.2, 0.25) is 0 Å². The molecule has 37 heavy (non-hydrogen) atoms. The lowest BCUT2D eigenvalue weighted by molar-refractivity contribution is -0.145. The Hall–Kier alpha value is -3.58. The van der Waals surface area contributed by atoms with Gasteiger partial charge in [-0.15, -0.1) is 0 Å². The van der Waals surface area contributed by atoms with Crippen molar-refractivity contribution in [2.24, 2.45) is 16.8 Å². The number of nitrogens with two attached hydrogens (primary N) is 2. The molecule has 0 aliphatic carbocycles. The molecule has 0 spiro atoms. The number of rotatable bonds is 7. The van der Waals surface area contributed by atoms with Crippen molar-refractivity contribution in [3.05, 3.63) is 83.9 Å². The van der Waals surface area contributed by atoms with E-state index in [1.165, 1.54) is 41.7 Å². The quantitative estimate of drug-likeness (QED) is 0.232. The molecular formula is C25H26N4O6S2.